The largest absolute Gasteiger partial charge is 0.351 e. The summed E-state index contributed by atoms with van der Waals surface area (Å²) in [4.78, 5) is 11.7. The predicted molar refractivity (Wildman–Crippen MR) is 71.7 cm³/mol. The van der Waals surface area contributed by atoms with Gasteiger partial charge in [0, 0.05) is 18.8 Å². The summed E-state index contributed by atoms with van der Waals surface area (Å²) in [6, 6.07) is 11.3. The number of hydrogen-bond donors (Lipinski definition) is 2. The molecule has 0 fully saturated rings. The molecule has 2 N–H and O–H groups in total. The minimum atomic E-state index is -0.278. The Morgan fingerprint density at radius 1 is 1.15 bits per heavy atom. The van der Waals surface area contributed by atoms with E-state index in [1.54, 1.807) is 6.20 Å². The molecule has 3 aromatic rings. The topological polar surface area (TPSA) is 83.8 Å². The molecule has 0 aliphatic rings. The highest BCUT2D eigenvalue weighted by Crippen LogP contribution is 2.16. The van der Waals surface area contributed by atoms with E-state index in [0.29, 0.717) is 6.54 Å². The Hall–Kier alpha value is -2.89. The molecule has 0 aliphatic carbocycles. The third-order valence-electron chi connectivity index (χ3n) is 2.88. The number of nitrogens with zero attached hydrogens (tertiary/aromatic N) is 2. The molecule has 0 atom stereocenters. The number of benzene rings is 1. The molecule has 0 radical (unpaired) electrons. The second-order valence-electron chi connectivity index (χ2n) is 4.23. The summed E-state index contributed by atoms with van der Waals surface area (Å²) in [5.74, 6) is -0.0702. The second-order valence-corrected chi connectivity index (χ2v) is 4.23. The fourth-order valence-electron chi connectivity index (χ4n) is 1.82. The highest BCUT2D eigenvalue weighted by Gasteiger charge is 2.08. The number of aromatic nitrogens is 3. The first-order valence-electron chi connectivity index (χ1n) is 6.10. The lowest BCUT2D eigenvalue weighted by Crippen LogP contribution is -2.22. The molecule has 0 spiro atoms. The van der Waals surface area contributed by atoms with Crippen LogP contribution in [0.1, 0.15) is 16.1 Å². The van der Waals surface area contributed by atoms with Crippen LogP contribution in [-0.4, -0.2) is 21.3 Å². The molecule has 100 valence electrons. The highest BCUT2D eigenvalue weighted by atomic mass is 16.5. The first kappa shape index (κ1) is 12.2. The van der Waals surface area contributed by atoms with Crippen molar-refractivity contribution in [1.82, 2.24) is 20.7 Å². The Kier molecular flexibility index (Phi) is 3.28. The summed E-state index contributed by atoms with van der Waals surface area (Å²) < 4.78 is 4.78. The van der Waals surface area contributed by atoms with E-state index in [9.17, 15) is 4.79 Å². The minimum absolute atomic E-state index is 0.207. The predicted octanol–water partition coefficient (Wildman–Crippen LogP) is 1.99. The molecule has 20 heavy (non-hydrogen) atoms. The Morgan fingerprint density at radius 3 is 2.65 bits per heavy atom. The molecule has 1 aromatic carbocycles. The van der Waals surface area contributed by atoms with Gasteiger partial charge in [0.1, 0.15) is 0 Å². The van der Waals surface area contributed by atoms with Crippen molar-refractivity contribution < 1.29 is 9.32 Å². The van der Waals surface area contributed by atoms with Crippen molar-refractivity contribution in [2.75, 3.05) is 0 Å². The van der Waals surface area contributed by atoms with E-state index in [4.69, 9.17) is 4.52 Å². The fraction of sp³-hybridized carbons (Fsp3) is 0.0714. The van der Waals surface area contributed by atoms with Crippen molar-refractivity contribution >= 4 is 5.91 Å². The molecule has 0 bridgehead atoms. The van der Waals surface area contributed by atoms with Crippen LogP contribution in [0.5, 0.6) is 0 Å². The number of H-pyrrole nitrogens is 1. The molecular weight excluding hydrogens is 256 g/mol. The van der Waals surface area contributed by atoms with Gasteiger partial charge in [-0.1, -0.05) is 29.4 Å². The molecular formula is C14H12N4O2. The lowest BCUT2D eigenvalue weighted by Gasteiger charge is -2.04. The maximum Gasteiger partial charge on any atom is 0.290 e. The molecule has 6 nitrogen and oxygen atoms in total. The molecule has 0 saturated carbocycles. The molecule has 6 heteroatoms. The summed E-state index contributed by atoms with van der Waals surface area (Å²) in [6.45, 7) is 0.433. The Labute approximate surface area is 114 Å². The van der Waals surface area contributed by atoms with Gasteiger partial charge in [0.15, 0.2) is 0 Å². The van der Waals surface area contributed by atoms with Crippen molar-refractivity contribution in [3.8, 4) is 11.3 Å². The summed E-state index contributed by atoms with van der Waals surface area (Å²) in [5.41, 5.74) is 3.01. The van der Waals surface area contributed by atoms with E-state index in [2.05, 4.69) is 20.7 Å². The van der Waals surface area contributed by atoms with Gasteiger partial charge in [-0.2, -0.15) is 5.10 Å². The van der Waals surface area contributed by atoms with E-state index in [1.807, 2.05) is 30.3 Å². The van der Waals surface area contributed by atoms with Crippen LogP contribution in [0.4, 0.5) is 0 Å². The van der Waals surface area contributed by atoms with Crippen LogP contribution >= 0.6 is 0 Å². The number of rotatable bonds is 4. The number of carbonyl (C=O) groups is 1. The van der Waals surface area contributed by atoms with E-state index in [0.717, 1.165) is 16.8 Å². The smallest absolute Gasteiger partial charge is 0.290 e. The van der Waals surface area contributed by atoms with Gasteiger partial charge in [-0.3, -0.25) is 9.89 Å². The lowest BCUT2D eigenvalue weighted by atomic mass is 10.1. The Bertz CT molecular complexity index is 673. The van der Waals surface area contributed by atoms with Crippen LogP contribution in [0.3, 0.4) is 0 Å². The summed E-state index contributed by atoms with van der Waals surface area (Å²) in [5, 5.41) is 13.1. The number of amides is 1. The second kappa shape index (κ2) is 5.40. The molecule has 0 unspecified atom stereocenters. The molecule has 0 saturated heterocycles. The Morgan fingerprint density at radius 2 is 2.00 bits per heavy atom. The van der Waals surface area contributed by atoms with Crippen LogP contribution < -0.4 is 5.32 Å². The molecule has 0 aliphatic heterocycles. The van der Waals surface area contributed by atoms with Crippen molar-refractivity contribution in [3.05, 3.63) is 60.1 Å². The van der Waals surface area contributed by atoms with E-state index in [-0.39, 0.29) is 11.7 Å². The maximum absolute atomic E-state index is 11.7. The standard InChI is InChI=1S/C14H12N4O2/c19-14(13-6-8-17-20-13)15-9-10-1-3-11(4-2-10)12-5-7-16-18-12/h1-8H,9H2,(H,15,19)(H,16,18). The molecule has 3 rings (SSSR count). The van der Waals surface area contributed by atoms with Crippen LogP contribution in [-0.2, 0) is 6.54 Å². The molecule has 1 amide bonds. The van der Waals surface area contributed by atoms with Crippen molar-refractivity contribution in [1.29, 1.82) is 0 Å². The van der Waals surface area contributed by atoms with Crippen molar-refractivity contribution in [2.24, 2.45) is 0 Å². The van der Waals surface area contributed by atoms with Gasteiger partial charge < -0.3 is 9.84 Å². The number of hydrogen-bond acceptors (Lipinski definition) is 4. The van der Waals surface area contributed by atoms with Gasteiger partial charge in [0.25, 0.3) is 5.91 Å². The monoisotopic (exact) mass is 268 g/mol. The third-order valence-corrected chi connectivity index (χ3v) is 2.88. The summed E-state index contributed by atoms with van der Waals surface area (Å²) in [7, 11) is 0. The van der Waals surface area contributed by atoms with Gasteiger partial charge in [0.05, 0.1) is 11.9 Å². The Balaban J connectivity index is 1.63. The first-order chi connectivity index (χ1) is 9.83. The van der Waals surface area contributed by atoms with Crippen LogP contribution in [0.25, 0.3) is 11.3 Å². The first-order valence-corrected chi connectivity index (χ1v) is 6.10. The quantitative estimate of drug-likeness (QED) is 0.758. The van der Waals surface area contributed by atoms with Crippen LogP contribution in [0.15, 0.2) is 53.3 Å². The summed E-state index contributed by atoms with van der Waals surface area (Å²) >= 11 is 0. The zero-order valence-corrected chi connectivity index (χ0v) is 10.5. The van der Waals surface area contributed by atoms with Crippen LogP contribution in [0, 0.1) is 0 Å². The molecule has 2 aromatic heterocycles. The van der Waals surface area contributed by atoms with Crippen LogP contribution in [0.2, 0.25) is 0 Å². The maximum atomic E-state index is 11.7. The number of aromatic amines is 1. The fourth-order valence-corrected chi connectivity index (χ4v) is 1.82. The average Bonchev–Trinajstić information content (AvgIpc) is 3.18. The van der Waals surface area contributed by atoms with Crippen molar-refractivity contribution in [2.45, 2.75) is 6.54 Å². The zero-order chi connectivity index (χ0) is 13.8. The summed E-state index contributed by atoms with van der Waals surface area (Å²) in [6.07, 6.45) is 3.15. The third kappa shape index (κ3) is 2.59. The lowest BCUT2D eigenvalue weighted by molar-refractivity contribution is 0.0914. The minimum Gasteiger partial charge on any atom is -0.351 e. The van der Waals surface area contributed by atoms with E-state index in [1.165, 1.54) is 12.3 Å². The van der Waals surface area contributed by atoms with Gasteiger partial charge in [-0.05, 0) is 17.2 Å². The SMILES string of the molecule is O=C(NCc1ccc(-c2ccn[nH]2)cc1)c1ccno1. The highest BCUT2D eigenvalue weighted by molar-refractivity contribution is 5.91. The normalized spacial score (nSPS) is 10.4. The van der Waals surface area contributed by atoms with E-state index >= 15 is 0 Å². The molecule has 2 heterocycles. The van der Waals surface area contributed by atoms with Gasteiger partial charge >= 0.3 is 0 Å². The van der Waals surface area contributed by atoms with Gasteiger partial charge in [-0.25, -0.2) is 0 Å². The van der Waals surface area contributed by atoms with Gasteiger partial charge in [0.2, 0.25) is 5.76 Å². The van der Waals surface area contributed by atoms with Crippen molar-refractivity contribution in [3.63, 3.8) is 0 Å². The average molecular weight is 268 g/mol. The zero-order valence-electron chi connectivity index (χ0n) is 10.5. The number of nitrogens with one attached hydrogen (secondary N) is 2. The van der Waals surface area contributed by atoms with E-state index < -0.39 is 0 Å². The number of carbonyl (C=O) groups excluding carboxylic acids is 1. The van der Waals surface area contributed by atoms with Gasteiger partial charge in [-0.15, -0.1) is 0 Å².